The SMILES string of the molecule is C[C@H](N[C@H](C)c1ccc(Cl)cc1)c1nnc(-c2ccc([N+](=O)[O-])cc2)o1. The quantitative estimate of drug-likeness (QED) is 0.497. The Balaban J connectivity index is 1.70. The number of hydrogen-bond acceptors (Lipinski definition) is 6. The van der Waals surface area contributed by atoms with Gasteiger partial charge in [-0.1, -0.05) is 23.7 Å². The fourth-order valence-corrected chi connectivity index (χ4v) is 2.67. The van der Waals surface area contributed by atoms with E-state index in [0.717, 1.165) is 5.56 Å². The molecule has 0 saturated carbocycles. The molecule has 2 atom stereocenters. The van der Waals surface area contributed by atoms with Gasteiger partial charge in [-0.05, 0) is 43.7 Å². The topological polar surface area (TPSA) is 94.1 Å². The number of nitro benzene ring substituents is 1. The van der Waals surface area contributed by atoms with Crippen LogP contribution in [-0.2, 0) is 0 Å². The second kappa shape index (κ2) is 7.63. The normalized spacial score (nSPS) is 13.3. The first-order chi connectivity index (χ1) is 12.4. The number of nitrogens with one attached hydrogen (secondary N) is 1. The predicted octanol–water partition coefficient (Wildman–Crippen LogP) is 4.71. The first-order valence-corrected chi connectivity index (χ1v) is 8.41. The van der Waals surface area contributed by atoms with Crippen molar-refractivity contribution in [2.24, 2.45) is 0 Å². The molecule has 0 amide bonds. The third kappa shape index (κ3) is 4.07. The van der Waals surface area contributed by atoms with E-state index in [1.54, 1.807) is 12.1 Å². The highest BCUT2D eigenvalue weighted by Crippen LogP contribution is 2.25. The lowest BCUT2D eigenvalue weighted by atomic mass is 10.1. The highest BCUT2D eigenvalue weighted by atomic mass is 35.5. The third-order valence-corrected chi connectivity index (χ3v) is 4.26. The molecule has 3 rings (SSSR count). The van der Waals surface area contributed by atoms with Gasteiger partial charge in [0.05, 0.1) is 11.0 Å². The van der Waals surface area contributed by atoms with Crippen LogP contribution in [0.5, 0.6) is 0 Å². The van der Waals surface area contributed by atoms with Crippen LogP contribution in [0.4, 0.5) is 5.69 Å². The van der Waals surface area contributed by atoms with E-state index in [-0.39, 0.29) is 17.8 Å². The van der Waals surface area contributed by atoms with Crippen LogP contribution in [0.3, 0.4) is 0 Å². The molecule has 0 aliphatic heterocycles. The van der Waals surface area contributed by atoms with Gasteiger partial charge < -0.3 is 4.42 Å². The highest BCUT2D eigenvalue weighted by molar-refractivity contribution is 6.30. The number of aromatic nitrogens is 2. The van der Waals surface area contributed by atoms with Gasteiger partial charge in [0.2, 0.25) is 11.8 Å². The fourth-order valence-electron chi connectivity index (χ4n) is 2.55. The molecule has 1 N–H and O–H groups in total. The first-order valence-electron chi connectivity index (χ1n) is 8.04. The molecule has 0 bridgehead atoms. The molecule has 0 saturated heterocycles. The Hall–Kier alpha value is -2.77. The summed E-state index contributed by atoms with van der Waals surface area (Å²) in [4.78, 5) is 10.3. The zero-order chi connectivity index (χ0) is 18.7. The minimum atomic E-state index is -0.451. The number of halogens is 1. The van der Waals surface area contributed by atoms with E-state index in [4.69, 9.17) is 16.0 Å². The van der Waals surface area contributed by atoms with Gasteiger partial charge in [0.25, 0.3) is 5.69 Å². The van der Waals surface area contributed by atoms with Gasteiger partial charge in [0.1, 0.15) is 0 Å². The second-order valence-corrected chi connectivity index (χ2v) is 6.35. The summed E-state index contributed by atoms with van der Waals surface area (Å²) in [7, 11) is 0. The predicted molar refractivity (Wildman–Crippen MR) is 97.8 cm³/mol. The number of nitro groups is 1. The zero-order valence-corrected chi connectivity index (χ0v) is 15.0. The number of benzene rings is 2. The minimum absolute atomic E-state index is 0.0142. The van der Waals surface area contributed by atoms with E-state index in [1.807, 2.05) is 38.1 Å². The maximum atomic E-state index is 10.7. The molecule has 1 heterocycles. The Morgan fingerprint density at radius 3 is 2.31 bits per heavy atom. The molecular formula is C18H17ClN4O3. The Morgan fingerprint density at radius 2 is 1.69 bits per heavy atom. The van der Waals surface area contributed by atoms with Gasteiger partial charge >= 0.3 is 0 Å². The van der Waals surface area contributed by atoms with Crippen LogP contribution in [-0.4, -0.2) is 15.1 Å². The van der Waals surface area contributed by atoms with Crippen molar-refractivity contribution in [2.45, 2.75) is 25.9 Å². The number of non-ortho nitro benzene ring substituents is 1. The van der Waals surface area contributed by atoms with E-state index in [2.05, 4.69) is 15.5 Å². The molecule has 1 aromatic heterocycles. The lowest BCUT2D eigenvalue weighted by Gasteiger charge is -2.17. The molecule has 0 aliphatic carbocycles. The first kappa shape index (κ1) is 18.0. The largest absolute Gasteiger partial charge is 0.419 e. The smallest absolute Gasteiger partial charge is 0.269 e. The lowest BCUT2D eigenvalue weighted by Crippen LogP contribution is -2.22. The molecule has 2 aromatic carbocycles. The molecule has 0 unspecified atom stereocenters. The average molecular weight is 373 g/mol. The van der Waals surface area contributed by atoms with E-state index in [0.29, 0.717) is 22.4 Å². The summed E-state index contributed by atoms with van der Waals surface area (Å²) >= 11 is 5.92. The van der Waals surface area contributed by atoms with E-state index in [9.17, 15) is 10.1 Å². The van der Waals surface area contributed by atoms with Crippen molar-refractivity contribution in [2.75, 3.05) is 0 Å². The van der Waals surface area contributed by atoms with Crippen molar-refractivity contribution in [1.29, 1.82) is 0 Å². The highest BCUT2D eigenvalue weighted by Gasteiger charge is 2.18. The van der Waals surface area contributed by atoms with Crippen LogP contribution < -0.4 is 5.32 Å². The van der Waals surface area contributed by atoms with Gasteiger partial charge in [-0.2, -0.15) is 0 Å². The summed E-state index contributed by atoms with van der Waals surface area (Å²) in [5.74, 6) is 0.766. The van der Waals surface area contributed by atoms with Gasteiger partial charge in [-0.15, -0.1) is 10.2 Å². The molecular weight excluding hydrogens is 356 g/mol. The fraction of sp³-hybridized carbons (Fsp3) is 0.222. The van der Waals surface area contributed by atoms with Crippen LogP contribution in [0.15, 0.2) is 52.9 Å². The Labute approximate surface area is 155 Å². The maximum Gasteiger partial charge on any atom is 0.269 e. The van der Waals surface area contributed by atoms with Crippen LogP contribution in [0, 0.1) is 10.1 Å². The average Bonchev–Trinajstić information content (AvgIpc) is 3.12. The Morgan fingerprint density at radius 1 is 1.04 bits per heavy atom. The summed E-state index contributed by atoms with van der Waals surface area (Å²) < 4.78 is 5.71. The molecule has 134 valence electrons. The van der Waals surface area contributed by atoms with Crippen molar-refractivity contribution >= 4 is 17.3 Å². The zero-order valence-electron chi connectivity index (χ0n) is 14.2. The monoisotopic (exact) mass is 372 g/mol. The summed E-state index contributed by atoms with van der Waals surface area (Å²) in [5, 5.41) is 22.9. The molecule has 8 heteroatoms. The number of rotatable bonds is 6. The summed E-state index contributed by atoms with van der Waals surface area (Å²) in [6, 6.07) is 13.5. The van der Waals surface area contributed by atoms with Crippen LogP contribution in [0.25, 0.3) is 11.5 Å². The summed E-state index contributed by atoms with van der Waals surface area (Å²) in [6.07, 6.45) is 0. The Kier molecular flexibility index (Phi) is 5.29. The van der Waals surface area contributed by atoms with E-state index >= 15 is 0 Å². The van der Waals surface area contributed by atoms with Crippen molar-refractivity contribution < 1.29 is 9.34 Å². The van der Waals surface area contributed by atoms with Gasteiger partial charge in [-0.3, -0.25) is 15.4 Å². The maximum absolute atomic E-state index is 10.7. The van der Waals surface area contributed by atoms with Gasteiger partial charge in [-0.25, -0.2) is 0 Å². The van der Waals surface area contributed by atoms with E-state index < -0.39 is 4.92 Å². The van der Waals surface area contributed by atoms with E-state index in [1.165, 1.54) is 12.1 Å². The standard InChI is InChI=1S/C18H17ClN4O3/c1-11(13-3-7-15(19)8-4-13)20-12(2)17-21-22-18(26-17)14-5-9-16(10-6-14)23(24)25/h3-12,20H,1-2H3/t11-,12+/m1/s1. The molecule has 0 radical (unpaired) electrons. The van der Waals surface area contributed by atoms with Gasteiger partial charge in [0.15, 0.2) is 0 Å². The molecule has 7 nitrogen and oxygen atoms in total. The molecule has 0 aliphatic rings. The van der Waals surface area contributed by atoms with Crippen molar-refractivity contribution in [3.05, 3.63) is 75.1 Å². The Bertz CT molecular complexity index is 894. The third-order valence-electron chi connectivity index (χ3n) is 4.01. The van der Waals surface area contributed by atoms with Crippen molar-refractivity contribution in [1.82, 2.24) is 15.5 Å². The van der Waals surface area contributed by atoms with Gasteiger partial charge in [0, 0.05) is 28.8 Å². The lowest BCUT2D eigenvalue weighted by molar-refractivity contribution is -0.384. The van der Waals surface area contributed by atoms with Crippen LogP contribution in [0.1, 0.15) is 37.4 Å². The molecule has 26 heavy (non-hydrogen) atoms. The number of hydrogen-bond donors (Lipinski definition) is 1. The van der Waals surface area contributed by atoms with Crippen molar-refractivity contribution in [3.63, 3.8) is 0 Å². The van der Waals surface area contributed by atoms with Crippen molar-refractivity contribution in [3.8, 4) is 11.5 Å². The second-order valence-electron chi connectivity index (χ2n) is 5.91. The minimum Gasteiger partial charge on any atom is -0.419 e. The molecule has 3 aromatic rings. The van der Waals surface area contributed by atoms with Crippen LogP contribution in [0.2, 0.25) is 5.02 Å². The number of nitrogens with zero attached hydrogens (tertiary/aromatic N) is 3. The van der Waals surface area contributed by atoms with Crippen LogP contribution >= 0.6 is 11.6 Å². The molecule has 0 fully saturated rings. The molecule has 0 spiro atoms. The summed E-state index contributed by atoms with van der Waals surface area (Å²) in [5.41, 5.74) is 1.74. The summed E-state index contributed by atoms with van der Waals surface area (Å²) in [6.45, 7) is 3.97.